The molecule has 5 nitrogen and oxygen atoms in total. The SMILES string of the molecule is CCCCCCCNC1NNCC(=O)N1. The van der Waals surface area contributed by atoms with Gasteiger partial charge in [-0.15, -0.1) is 0 Å². The van der Waals surface area contributed by atoms with E-state index in [9.17, 15) is 4.79 Å². The van der Waals surface area contributed by atoms with Crippen LogP contribution in [0.5, 0.6) is 0 Å². The minimum absolute atomic E-state index is 0.0252. The molecule has 1 rings (SSSR count). The van der Waals surface area contributed by atoms with Gasteiger partial charge >= 0.3 is 0 Å². The molecule has 1 heterocycles. The van der Waals surface area contributed by atoms with E-state index in [0.717, 1.165) is 13.0 Å². The highest BCUT2D eigenvalue weighted by molar-refractivity contribution is 5.78. The molecule has 0 aromatic carbocycles. The molecular formula is C10H22N4O. The van der Waals surface area contributed by atoms with Gasteiger partial charge in [-0.05, 0) is 13.0 Å². The van der Waals surface area contributed by atoms with Crippen LogP contribution in [0, 0.1) is 0 Å². The van der Waals surface area contributed by atoms with Crippen LogP contribution in [0.2, 0.25) is 0 Å². The fourth-order valence-electron chi connectivity index (χ4n) is 1.56. The van der Waals surface area contributed by atoms with Crippen molar-refractivity contribution >= 4 is 5.91 Å². The van der Waals surface area contributed by atoms with E-state index >= 15 is 0 Å². The summed E-state index contributed by atoms with van der Waals surface area (Å²) >= 11 is 0. The summed E-state index contributed by atoms with van der Waals surface area (Å²) in [5.74, 6) is 0.0252. The number of nitrogens with one attached hydrogen (secondary N) is 4. The summed E-state index contributed by atoms with van der Waals surface area (Å²) < 4.78 is 0. The fourth-order valence-corrected chi connectivity index (χ4v) is 1.56. The van der Waals surface area contributed by atoms with E-state index in [4.69, 9.17) is 0 Å². The maximum atomic E-state index is 11.0. The third-order valence-corrected chi connectivity index (χ3v) is 2.43. The Hall–Kier alpha value is -0.650. The first-order valence-electron chi connectivity index (χ1n) is 5.84. The van der Waals surface area contributed by atoms with Gasteiger partial charge in [-0.3, -0.25) is 10.1 Å². The van der Waals surface area contributed by atoms with Crippen LogP contribution >= 0.6 is 0 Å². The third kappa shape index (κ3) is 5.71. The van der Waals surface area contributed by atoms with E-state index in [1.807, 2.05) is 0 Å². The van der Waals surface area contributed by atoms with Crippen LogP contribution in [-0.4, -0.2) is 25.3 Å². The maximum Gasteiger partial charge on any atom is 0.237 e. The minimum atomic E-state index is -0.127. The van der Waals surface area contributed by atoms with E-state index in [-0.39, 0.29) is 12.2 Å². The first-order valence-corrected chi connectivity index (χ1v) is 5.84. The van der Waals surface area contributed by atoms with Crippen LogP contribution in [0.15, 0.2) is 0 Å². The number of rotatable bonds is 7. The number of amides is 1. The molecule has 5 heteroatoms. The zero-order chi connectivity index (χ0) is 10.9. The van der Waals surface area contributed by atoms with E-state index in [0.29, 0.717) is 6.54 Å². The van der Waals surface area contributed by atoms with Crippen molar-refractivity contribution in [1.29, 1.82) is 0 Å². The first-order chi connectivity index (χ1) is 7.33. The maximum absolute atomic E-state index is 11.0. The average Bonchev–Trinajstić information content (AvgIpc) is 2.23. The summed E-state index contributed by atoms with van der Waals surface area (Å²) in [5.41, 5.74) is 5.78. The summed E-state index contributed by atoms with van der Waals surface area (Å²) in [6.07, 6.45) is 6.19. The van der Waals surface area contributed by atoms with Crippen LogP contribution in [0.1, 0.15) is 39.0 Å². The smallest absolute Gasteiger partial charge is 0.237 e. The van der Waals surface area contributed by atoms with E-state index < -0.39 is 0 Å². The average molecular weight is 214 g/mol. The van der Waals surface area contributed by atoms with Crippen molar-refractivity contribution < 1.29 is 4.79 Å². The van der Waals surface area contributed by atoms with Gasteiger partial charge < -0.3 is 5.32 Å². The number of hydrazine groups is 1. The standard InChI is InChI=1S/C10H22N4O/c1-2-3-4-5-6-7-11-10-13-9(15)8-12-14-10/h10-12,14H,2-8H2,1H3,(H,13,15). The Balaban J connectivity index is 1.92. The van der Waals surface area contributed by atoms with Gasteiger partial charge in [0, 0.05) is 0 Å². The Kier molecular flexibility index (Phi) is 6.31. The van der Waals surface area contributed by atoms with Crippen LogP contribution in [0.3, 0.4) is 0 Å². The second-order valence-corrected chi connectivity index (χ2v) is 3.87. The Labute approximate surface area is 91.3 Å². The van der Waals surface area contributed by atoms with E-state index in [2.05, 4.69) is 28.4 Å². The molecule has 0 spiro atoms. The second-order valence-electron chi connectivity index (χ2n) is 3.87. The van der Waals surface area contributed by atoms with Crippen molar-refractivity contribution in [2.24, 2.45) is 0 Å². The van der Waals surface area contributed by atoms with Crippen molar-refractivity contribution in [2.75, 3.05) is 13.1 Å². The number of unbranched alkanes of at least 4 members (excludes halogenated alkanes) is 4. The van der Waals surface area contributed by atoms with Gasteiger partial charge in [-0.25, -0.2) is 10.9 Å². The van der Waals surface area contributed by atoms with Gasteiger partial charge in [-0.2, -0.15) is 0 Å². The predicted octanol–water partition coefficient (Wildman–Crippen LogP) is 0.0540. The van der Waals surface area contributed by atoms with Crippen LogP contribution in [-0.2, 0) is 4.79 Å². The summed E-state index contributed by atoms with van der Waals surface area (Å²) in [7, 11) is 0. The lowest BCUT2D eigenvalue weighted by atomic mass is 10.1. The summed E-state index contributed by atoms with van der Waals surface area (Å²) in [5, 5.41) is 6.02. The fraction of sp³-hybridized carbons (Fsp3) is 0.900. The molecule has 4 N–H and O–H groups in total. The van der Waals surface area contributed by atoms with E-state index in [1.165, 1.54) is 25.7 Å². The molecule has 15 heavy (non-hydrogen) atoms. The number of carbonyl (C=O) groups is 1. The summed E-state index contributed by atoms with van der Waals surface area (Å²) in [6, 6.07) is 0. The molecule has 0 aromatic rings. The molecule has 0 aliphatic carbocycles. The molecule has 0 radical (unpaired) electrons. The van der Waals surface area contributed by atoms with Crippen molar-refractivity contribution in [3.8, 4) is 0 Å². The third-order valence-electron chi connectivity index (χ3n) is 2.43. The Bertz CT molecular complexity index is 186. The molecule has 0 bridgehead atoms. The molecule has 1 aliphatic heterocycles. The molecule has 0 aromatic heterocycles. The number of hydrogen-bond donors (Lipinski definition) is 4. The number of hydrogen-bond acceptors (Lipinski definition) is 4. The monoisotopic (exact) mass is 214 g/mol. The lowest BCUT2D eigenvalue weighted by Crippen LogP contribution is -2.65. The Morgan fingerprint density at radius 3 is 2.87 bits per heavy atom. The quantitative estimate of drug-likeness (QED) is 0.452. The van der Waals surface area contributed by atoms with Crippen molar-refractivity contribution in [3.05, 3.63) is 0 Å². The topological polar surface area (TPSA) is 65.2 Å². The molecule has 1 aliphatic rings. The normalized spacial score (nSPS) is 21.4. The molecule has 1 amide bonds. The molecular weight excluding hydrogens is 192 g/mol. The lowest BCUT2D eigenvalue weighted by Gasteiger charge is -2.26. The highest BCUT2D eigenvalue weighted by atomic mass is 16.2. The van der Waals surface area contributed by atoms with Crippen LogP contribution in [0.4, 0.5) is 0 Å². The molecule has 1 unspecified atom stereocenters. The molecule has 88 valence electrons. The van der Waals surface area contributed by atoms with Gasteiger partial charge in [0.2, 0.25) is 5.91 Å². The predicted molar refractivity (Wildman–Crippen MR) is 59.8 cm³/mol. The molecule has 1 fully saturated rings. The Morgan fingerprint density at radius 2 is 2.13 bits per heavy atom. The lowest BCUT2D eigenvalue weighted by molar-refractivity contribution is -0.123. The zero-order valence-corrected chi connectivity index (χ0v) is 9.44. The van der Waals surface area contributed by atoms with Crippen LogP contribution < -0.4 is 21.5 Å². The van der Waals surface area contributed by atoms with Gasteiger partial charge in [0.25, 0.3) is 0 Å². The minimum Gasteiger partial charge on any atom is -0.326 e. The van der Waals surface area contributed by atoms with Crippen molar-refractivity contribution in [3.63, 3.8) is 0 Å². The molecule has 0 saturated carbocycles. The van der Waals surface area contributed by atoms with Gasteiger partial charge in [-0.1, -0.05) is 32.6 Å². The van der Waals surface area contributed by atoms with Gasteiger partial charge in [0.1, 0.15) is 6.29 Å². The second kappa shape index (κ2) is 7.62. The zero-order valence-electron chi connectivity index (χ0n) is 9.44. The highest BCUT2D eigenvalue weighted by Crippen LogP contribution is 2.01. The Morgan fingerprint density at radius 1 is 1.33 bits per heavy atom. The number of carbonyl (C=O) groups excluding carboxylic acids is 1. The largest absolute Gasteiger partial charge is 0.326 e. The van der Waals surface area contributed by atoms with Crippen LogP contribution in [0.25, 0.3) is 0 Å². The molecule has 1 saturated heterocycles. The first kappa shape index (κ1) is 12.4. The summed E-state index contributed by atoms with van der Waals surface area (Å²) in [6.45, 7) is 3.49. The van der Waals surface area contributed by atoms with E-state index in [1.54, 1.807) is 0 Å². The van der Waals surface area contributed by atoms with Crippen molar-refractivity contribution in [1.82, 2.24) is 21.5 Å². The molecule has 1 atom stereocenters. The van der Waals surface area contributed by atoms with Gasteiger partial charge in [0.15, 0.2) is 0 Å². The highest BCUT2D eigenvalue weighted by Gasteiger charge is 2.14. The van der Waals surface area contributed by atoms with Crippen molar-refractivity contribution in [2.45, 2.75) is 45.3 Å². The van der Waals surface area contributed by atoms with Gasteiger partial charge in [0.05, 0.1) is 6.54 Å². The summed E-state index contributed by atoms with van der Waals surface area (Å²) in [4.78, 5) is 11.0.